The molecule has 1 fully saturated rings. The number of halogens is 1. The zero-order valence-electron chi connectivity index (χ0n) is 13.0. The number of nitrogens with zero attached hydrogens (tertiary/aromatic N) is 3. The normalized spacial score (nSPS) is 15.5. The van der Waals surface area contributed by atoms with Crippen LogP contribution in [0.4, 0.5) is 5.69 Å². The average molecular weight is 333 g/mol. The van der Waals surface area contributed by atoms with Gasteiger partial charge in [-0.15, -0.1) is 0 Å². The summed E-state index contributed by atoms with van der Waals surface area (Å²) in [5, 5.41) is 7.66. The Labute approximate surface area is 141 Å². The highest BCUT2D eigenvalue weighted by Crippen LogP contribution is 2.28. The van der Waals surface area contributed by atoms with Gasteiger partial charge >= 0.3 is 0 Å². The molecule has 0 atom stereocenters. The lowest BCUT2D eigenvalue weighted by molar-refractivity contribution is -0.116. The number of hydrogen-bond acceptors (Lipinski definition) is 3. The molecule has 0 radical (unpaired) electrons. The van der Waals surface area contributed by atoms with E-state index in [0.29, 0.717) is 23.0 Å². The Balaban J connectivity index is 1.64. The highest BCUT2D eigenvalue weighted by atomic mass is 35.5. The summed E-state index contributed by atoms with van der Waals surface area (Å²) >= 11 is 6.06. The number of rotatable bonds is 5. The van der Waals surface area contributed by atoms with Crippen molar-refractivity contribution in [1.29, 1.82) is 0 Å². The highest BCUT2D eigenvalue weighted by molar-refractivity contribution is 6.31. The molecule has 0 aliphatic heterocycles. The van der Waals surface area contributed by atoms with Gasteiger partial charge in [0.2, 0.25) is 5.91 Å². The fraction of sp³-hybridized carbons (Fsp3) is 0.471. The molecule has 0 saturated heterocycles. The quantitative estimate of drug-likeness (QED) is 0.891. The van der Waals surface area contributed by atoms with E-state index in [1.807, 2.05) is 6.07 Å². The van der Waals surface area contributed by atoms with Gasteiger partial charge < -0.3 is 5.32 Å². The van der Waals surface area contributed by atoms with Gasteiger partial charge in [-0.05, 0) is 30.5 Å². The van der Waals surface area contributed by atoms with Crippen LogP contribution in [0.1, 0.15) is 44.9 Å². The third kappa shape index (κ3) is 4.32. The van der Waals surface area contributed by atoms with Crippen LogP contribution in [0.3, 0.4) is 0 Å². The molecule has 0 spiro atoms. The van der Waals surface area contributed by atoms with E-state index < -0.39 is 0 Å². The van der Waals surface area contributed by atoms with Crippen LogP contribution >= 0.6 is 11.6 Å². The molecule has 23 heavy (non-hydrogen) atoms. The number of benzene rings is 1. The Morgan fingerprint density at radius 3 is 2.87 bits per heavy atom. The average Bonchev–Trinajstić information content (AvgIpc) is 3.08. The molecule has 1 aliphatic rings. The van der Waals surface area contributed by atoms with Gasteiger partial charge in [0.1, 0.15) is 12.7 Å². The predicted molar refractivity (Wildman–Crippen MR) is 90.8 cm³/mol. The number of anilines is 1. The summed E-state index contributed by atoms with van der Waals surface area (Å²) in [4.78, 5) is 16.2. The Bertz CT molecular complexity index is 651. The van der Waals surface area contributed by atoms with E-state index in [1.165, 1.54) is 38.4 Å². The molecule has 1 amide bonds. The molecule has 3 rings (SSSR count). The minimum absolute atomic E-state index is 0.0270. The lowest BCUT2D eigenvalue weighted by Crippen LogP contribution is -2.16. The van der Waals surface area contributed by atoms with Crippen molar-refractivity contribution >= 4 is 23.2 Å². The van der Waals surface area contributed by atoms with E-state index in [-0.39, 0.29) is 5.91 Å². The van der Waals surface area contributed by atoms with Crippen molar-refractivity contribution < 1.29 is 4.79 Å². The predicted octanol–water partition coefficient (Wildman–Crippen LogP) is 4.22. The van der Waals surface area contributed by atoms with Crippen LogP contribution in [-0.2, 0) is 4.79 Å². The Kier molecular flexibility index (Phi) is 5.28. The van der Waals surface area contributed by atoms with Crippen LogP contribution in [-0.4, -0.2) is 20.7 Å². The maximum atomic E-state index is 12.3. The molecule has 1 N–H and O–H groups in total. The first kappa shape index (κ1) is 16.0. The summed E-state index contributed by atoms with van der Waals surface area (Å²) in [7, 11) is 0. The molecule has 122 valence electrons. The first-order chi connectivity index (χ1) is 11.2. The second-order valence-electron chi connectivity index (χ2n) is 6.09. The second-order valence-corrected chi connectivity index (χ2v) is 6.53. The monoisotopic (exact) mass is 332 g/mol. The van der Waals surface area contributed by atoms with Gasteiger partial charge in [-0.25, -0.2) is 9.67 Å². The number of hydrogen-bond donors (Lipinski definition) is 1. The third-order valence-electron chi connectivity index (χ3n) is 4.40. The van der Waals surface area contributed by atoms with E-state index in [4.69, 9.17) is 11.6 Å². The lowest BCUT2D eigenvalue weighted by atomic mass is 9.86. The van der Waals surface area contributed by atoms with Gasteiger partial charge in [-0.3, -0.25) is 4.79 Å². The third-order valence-corrected chi connectivity index (χ3v) is 4.64. The number of aromatic nitrogens is 3. The Hall–Kier alpha value is -1.88. The molecule has 1 aliphatic carbocycles. The maximum absolute atomic E-state index is 12.3. The topological polar surface area (TPSA) is 59.8 Å². The molecule has 2 aromatic rings. The van der Waals surface area contributed by atoms with Crippen molar-refractivity contribution in [2.45, 2.75) is 44.9 Å². The first-order valence-electron chi connectivity index (χ1n) is 8.17. The van der Waals surface area contributed by atoms with Gasteiger partial charge in [0.15, 0.2) is 0 Å². The fourth-order valence-corrected chi connectivity index (χ4v) is 3.34. The number of amides is 1. The summed E-state index contributed by atoms with van der Waals surface area (Å²) in [6.45, 7) is 0. The van der Waals surface area contributed by atoms with Crippen LogP contribution < -0.4 is 5.32 Å². The smallest absolute Gasteiger partial charge is 0.224 e. The second kappa shape index (κ2) is 7.59. The van der Waals surface area contributed by atoms with Crippen LogP contribution in [0.5, 0.6) is 0 Å². The van der Waals surface area contributed by atoms with Crippen molar-refractivity contribution in [2.24, 2.45) is 5.92 Å². The number of carbonyl (C=O) groups excluding carboxylic acids is 1. The van der Waals surface area contributed by atoms with Gasteiger partial charge in [0.25, 0.3) is 0 Å². The largest absolute Gasteiger partial charge is 0.324 e. The number of nitrogens with one attached hydrogen (secondary N) is 1. The van der Waals surface area contributed by atoms with Gasteiger partial charge in [-0.1, -0.05) is 43.7 Å². The van der Waals surface area contributed by atoms with E-state index >= 15 is 0 Å². The number of carbonyl (C=O) groups is 1. The fourth-order valence-electron chi connectivity index (χ4n) is 3.16. The molecule has 1 aromatic heterocycles. The summed E-state index contributed by atoms with van der Waals surface area (Å²) in [6.07, 6.45) is 11.0. The molecule has 1 heterocycles. The Morgan fingerprint density at radius 1 is 1.30 bits per heavy atom. The highest BCUT2D eigenvalue weighted by Gasteiger charge is 2.16. The van der Waals surface area contributed by atoms with Crippen molar-refractivity contribution in [1.82, 2.24) is 14.8 Å². The molecular formula is C17H21ClN4O. The van der Waals surface area contributed by atoms with Gasteiger partial charge in [0, 0.05) is 11.4 Å². The lowest BCUT2D eigenvalue weighted by Gasteiger charge is -2.21. The molecule has 0 unspecified atom stereocenters. The summed E-state index contributed by atoms with van der Waals surface area (Å²) in [5.41, 5.74) is 1.43. The molecular weight excluding hydrogens is 312 g/mol. The van der Waals surface area contributed by atoms with E-state index in [0.717, 1.165) is 12.1 Å². The molecule has 5 nitrogen and oxygen atoms in total. The van der Waals surface area contributed by atoms with Crippen molar-refractivity contribution in [3.05, 3.63) is 35.9 Å². The minimum atomic E-state index is 0.0270. The van der Waals surface area contributed by atoms with Crippen LogP contribution in [0.25, 0.3) is 5.69 Å². The van der Waals surface area contributed by atoms with Crippen LogP contribution in [0.15, 0.2) is 30.9 Å². The Morgan fingerprint density at radius 2 is 2.13 bits per heavy atom. The van der Waals surface area contributed by atoms with Crippen molar-refractivity contribution in [3.8, 4) is 5.69 Å². The van der Waals surface area contributed by atoms with Gasteiger partial charge in [-0.2, -0.15) is 5.10 Å². The van der Waals surface area contributed by atoms with Crippen molar-refractivity contribution in [3.63, 3.8) is 0 Å². The summed E-state index contributed by atoms with van der Waals surface area (Å²) in [6, 6.07) is 5.35. The van der Waals surface area contributed by atoms with Crippen LogP contribution in [0, 0.1) is 5.92 Å². The standard InChI is InChI=1S/C17H21ClN4O/c18-14-7-8-16(22-12-19-11-20-22)15(10-14)21-17(23)9-6-13-4-2-1-3-5-13/h7-8,10-13H,1-6,9H2,(H,21,23). The van der Waals surface area contributed by atoms with Crippen molar-refractivity contribution in [2.75, 3.05) is 5.32 Å². The summed E-state index contributed by atoms with van der Waals surface area (Å²) < 4.78 is 1.62. The zero-order valence-corrected chi connectivity index (χ0v) is 13.8. The first-order valence-corrected chi connectivity index (χ1v) is 8.54. The maximum Gasteiger partial charge on any atom is 0.224 e. The van der Waals surface area contributed by atoms with E-state index in [9.17, 15) is 4.79 Å². The van der Waals surface area contributed by atoms with Gasteiger partial charge in [0.05, 0.1) is 11.4 Å². The molecule has 0 bridgehead atoms. The molecule has 1 saturated carbocycles. The summed E-state index contributed by atoms with van der Waals surface area (Å²) in [5.74, 6) is 0.725. The van der Waals surface area contributed by atoms with E-state index in [2.05, 4.69) is 15.4 Å². The van der Waals surface area contributed by atoms with Crippen LogP contribution in [0.2, 0.25) is 5.02 Å². The van der Waals surface area contributed by atoms with E-state index in [1.54, 1.807) is 23.1 Å². The SMILES string of the molecule is O=C(CCC1CCCCC1)Nc1cc(Cl)ccc1-n1cncn1. The molecule has 6 heteroatoms. The zero-order chi connectivity index (χ0) is 16.1. The molecule has 1 aromatic carbocycles. The minimum Gasteiger partial charge on any atom is -0.324 e.